The number of alkyl halides is 3. The zero-order valence-electron chi connectivity index (χ0n) is 13.6. The van der Waals surface area contributed by atoms with E-state index in [-0.39, 0.29) is 34.2 Å². The first-order chi connectivity index (χ1) is 12.3. The van der Waals surface area contributed by atoms with Crippen molar-refractivity contribution in [3.63, 3.8) is 0 Å². The number of amides is 1. The first kappa shape index (κ1) is 18.4. The highest BCUT2D eigenvalue weighted by Crippen LogP contribution is 2.34. The predicted octanol–water partition coefficient (Wildman–Crippen LogP) is 4.56. The van der Waals surface area contributed by atoms with E-state index in [4.69, 9.17) is 11.6 Å². The van der Waals surface area contributed by atoms with E-state index in [0.717, 1.165) is 43.9 Å². The van der Waals surface area contributed by atoms with Gasteiger partial charge in [0.2, 0.25) is 5.95 Å². The average molecular weight is 385 g/mol. The third kappa shape index (κ3) is 4.43. The Labute approximate surface area is 153 Å². The molecular weight excluding hydrogens is 369 g/mol. The van der Waals surface area contributed by atoms with Gasteiger partial charge in [-0.15, -0.1) is 0 Å². The molecule has 1 aromatic heterocycles. The lowest BCUT2D eigenvalue weighted by Crippen LogP contribution is -2.32. The Bertz CT molecular complexity index is 790. The second-order valence-corrected chi connectivity index (χ2v) is 6.47. The van der Waals surface area contributed by atoms with E-state index in [9.17, 15) is 18.0 Å². The van der Waals surface area contributed by atoms with E-state index in [1.54, 1.807) is 0 Å². The van der Waals surface area contributed by atoms with Crippen molar-refractivity contribution in [2.45, 2.75) is 37.9 Å². The van der Waals surface area contributed by atoms with Crippen LogP contribution in [0.2, 0.25) is 5.02 Å². The van der Waals surface area contributed by atoms with Crippen molar-refractivity contribution in [3.8, 4) is 0 Å². The van der Waals surface area contributed by atoms with Gasteiger partial charge in [0.25, 0.3) is 5.91 Å². The molecule has 1 heterocycles. The normalized spacial score (nSPS) is 15.1. The molecule has 5 nitrogen and oxygen atoms in total. The van der Waals surface area contributed by atoms with E-state index < -0.39 is 11.7 Å². The number of nitrogens with zero attached hydrogens (tertiary/aromatic N) is 2. The molecule has 26 heavy (non-hydrogen) atoms. The van der Waals surface area contributed by atoms with E-state index in [1.165, 1.54) is 12.4 Å². The van der Waals surface area contributed by atoms with Gasteiger partial charge in [0, 0.05) is 18.4 Å². The minimum atomic E-state index is -4.48. The molecule has 1 aromatic carbocycles. The third-order valence-corrected chi connectivity index (χ3v) is 4.47. The van der Waals surface area contributed by atoms with Crippen LogP contribution in [0.25, 0.3) is 0 Å². The topological polar surface area (TPSA) is 66.9 Å². The van der Waals surface area contributed by atoms with Crippen molar-refractivity contribution in [1.82, 2.24) is 15.3 Å². The molecule has 2 N–H and O–H groups in total. The van der Waals surface area contributed by atoms with Gasteiger partial charge in [-0.2, -0.15) is 13.2 Å². The molecule has 1 aliphatic rings. The van der Waals surface area contributed by atoms with Gasteiger partial charge in [0.1, 0.15) is 0 Å². The third-order valence-electron chi connectivity index (χ3n) is 4.14. The number of carbonyl (C=O) groups is 1. The van der Waals surface area contributed by atoms with Crippen LogP contribution in [-0.2, 0) is 6.18 Å². The first-order valence-electron chi connectivity index (χ1n) is 8.09. The van der Waals surface area contributed by atoms with Crippen molar-refractivity contribution in [3.05, 3.63) is 46.7 Å². The SMILES string of the molecule is O=C(NC1CCCC1)c1cnc(Nc2cc(C(F)(F)F)ccc2Cl)nc1. The Kier molecular flexibility index (Phi) is 5.31. The van der Waals surface area contributed by atoms with Gasteiger partial charge in [0.15, 0.2) is 0 Å². The van der Waals surface area contributed by atoms with Crippen molar-refractivity contribution < 1.29 is 18.0 Å². The molecule has 2 aromatic rings. The summed E-state index contributed by atoms with van der Waals surface area (Å²) in [5.41, 5.74) is -0.515. The number of carbonyl (C=O) groups excluding carboxylic acids is 1. The fourth-order valence-corrected chi connectivity index (χ4v) is 2.93. The second kappa shape index (κ2) is 7.49. The van der Waals surface area contributed by atoms with Crippen molar-refractivity contribution >= 4 is 29.1 Å². The summed E-state index contributed by atoms with van der Waals surface area (Å²) in [4.78, 5) is 20.1. The second-order valence-electron chi connectivity index (χ2n) is 6.07. The Hall–Kier alpha value is -2.35. The van der Waals surface area contributed by atoms with Crippen LogP contribution in [0, 0.1) is 0 Å². The van der Waals surface area contributed by atoms with Crippen LogP contribution in [0.4, 0.5) is 24.8 Å². The lowest BCUT2D eigenvalue weighted by Gasteiger charge is -2.13. The summed E-state index contributed by atoms with van der Waals surface area (Å²) < 4.78 is 38.4. The molecule has 1 amide bonds. The number of hydrogen-bond donors (Lipinski definition) is 2. The van der Waals surface area contributed by atoms with Gasteiger partial charge < -0.3 is 10.6 Å². The van der Waals surface area contributed by atoms with Gasteiger partial charge in [-0.05, 0) is 31.0 Å². The summed E-state index contributed by atoms with van der Waals surface area (Å²) in [5.74, 6) is -0.218. The number of benzene rings is 1. The monoisotopic (exact) mass is 384 g/mol. The van der Waals surface area contributed by atoms with Gasteiger partial charge in [-0.25, -0.2) is 9.97 Å². The molecule has 0 bridgehead atoms. The number of anilines is 2. The fraction of sp³-hybridized carbons (Fsp3) is 0.353. The van der Waals surface area contributed by atoms with Crippen LogP contribution in [0.5, 0.6) is 0 Å². The highest BCUT2D eigenvalue weighted by atomic mass is 35.5. The molecular formula is C17H16ClF3N4O. The van der Waals surface area contributed by atoms with Crippen LogP contribution in [0.15, 0.2) is 30.6 Å². The average Bonchev–Trinajstić information content (AvgIpc) is 3.09. The smallest absolute Gasteiger partial charge is 0.349 e. The van der Waals surface area contributed by atoms with E-state index in [1.807, 2.05) is 0 Å². The zero-order chi connectivity index (χ0) is 18.7. The van der Waals surface area contributed by atoms with Gasteiger partial charge in [-0.1, -0.05) is 24.4 Å². The number of halogens is 4. The van der Waals surface area contributed by atoms with Gasteiger partial charge >= 0.3 is 6.18 Å². The molecule has 0 saturated heterocycles. The Morgan fingerprint density at radius 2 is 1.81 bits per heavy atom. The summed E-state index contributed by atoms with van der Waals surface area (Å²) >= 11 is 5.92. The number of hydrogen-bond acceptors (Lipinski definition) is 4. The molecule has 3 rings (SSSR count). The van der Waals surface area contributed by atoms with Gasteiger partial charge in [0.05, 0.1) is 21.8 Å². The Balaban J connectivity index is 1.70. The van der Waals surface area contributed by atoms with Crippen molar-refractivity contribution in [2.75, 3.05) is 5.32 Å². The van der Waals surface area contributed by atoms with Crippen LogP contribution < -0.4 is 10.6 Å². The van der Waals surface area contributed by atoms with Crippen molar-refractivity contribution in [1.29, 1.82) is 0 Å². The molecule has 0 unspecified atom stereocenters. The highest BCUT2D eigenvalue weighted by Gasteiger charge is 2.31. The highest BCUT2D eigenvalue weighted by molar-refractivity contribution is 6.33. The van der Waals surface area contributed by atoms with Crippen LogP contribution >= 0.6 is 11.6 Å². The zero-order valence-corrected chi connectivity index (χ0v) is 14.4. The minimum absolute atomic E-state index is 0.0321. The quantitative estimate of drug-likeness (QED) is 0.810. The molecule has 0 radical (unpaired) electrons. The van der Waals surface area contributed by atoms with Crippen molar-refractivity contribution in [2.24, 2.45) is 0 Å². The van der Waals surface area contributed by atoms with E-state index >= 15 is 0 Å². The lowest BCUT2D eigenvalue weighted by molar-refractivity contribution is -0.137. The lowest BCUT2D eigenvalue weighted by atomic mass is 10.2. The predicted molar refractivity (Wildman–Crippen MR) is 91.5 cm³/mol. The summed E-state index contributed by atoms with van der Waals surface area (Å²) in [6, 6.07) is 3.09. The standard InChI is InChI=1S/C17H16ClF3N4O/c18-13-6-5-11(17(19,20)21)7-14(13)25-16-22-8-10(9-23-16)15(26)24-12-3-1-2-4-12/h5-9,12H,1-4H2,(H,24,26)(H,22,23,25). The summed E-state index contributed by atoms with van der Waals surface area (Å²) in [7, 11) is 0. The fourth-order valence-electron chi connectivity index (χ4n) is 2.77. The number of aromatic nitrogens is 2. The van der Waals surface area contributed by atoms with Gasteiger partial charge in [-0.3, -0.25) is 4.79 Å². The maximum Gasteiger partial charge on any atom is 0.416 e. The summed E-state index contributed by atoms with van der Waals surface area (Å²) in [6.07, 6.45) is 2.27. The minimum Gasteiger partial charge on any atom is -0.349 e. The largest absolute Gasteiger partial charge is 0.416 e. The van der Waals surface area contributed by atoms with Crippen LogP contribution in [0.1, 0.15) is 41.6 Å². The molecule has 1 saturated carbocycles. The van der Waals surface area contributed by atoms with E-state index in [0.29, 0.717) is 0 Å². The van der Waals surface area contributed by atoms with Crippen LogP contribution in [0.3, 0.4) is 0 Å². The number of nitrogens with one attached hydrogen (secondary N) is 2. The summed E-state index contributed by atoms with van der Waals surface area (Å²) in [5, 5.41) is 5.65. The first-order valence-corrected chi connectivity index (χ1v) is 8.47. The molecule has 0 spiro atoms. The molecule has 1 aliphatic carbocycles. The molecule has 0 atom stereocenters. The molecule has 0 aliphatic heterocycles. The molecule has 1 fully saturated rings. The summed E-state index contributed by atoms with van der Waals surface area (Å²) in [6.45, 7) is 0. The molecule has 9 heteroatoms. The number of rotatable bonds is 4. The maximum absolute atomic E-state index is 12.8. The molecule has 138 valence electrons. The Morgan fingerprint density at radius 3 is 2.42 bits per heavy atom. The Morgan fingerprint density at radius 1 is 1.15 bits per heavy atom. The van der Waals surface area contributed by atoms with E-state index in [2.05, 4.69) is 20.6 Å². The van der Waals surface area contributed by atoms with Crippen LogP contribution in [-0.4, -0.2) is 21.9 Å². The maximum atomic E-state index is 12.8.